The Kier molecular flexibility index (Phi) is 5.99. The molecule has 0 unspecified atom stereocenters. The first-order chi connectivity index (χ1) is 14.0. The third-order valence-corrected chi connectivity index (χ3v) is 4.23. The minimum Gasteiger partial charge on any atom is -0.352 e. The third-order valence-electron chi connectivity index (χ3n) is 4.23. The lowest BCUT2D eigenvalue weighted by Crippen LogP contribution is -2.22. The van der Waals surface area contributed by atoms with Crippen LogP contribution in [0.15, 0.2) is 72.8 Å². The highest BCUT2D eigenvalue weighted by molar-refractivity contribution is 6.09. The number of nitrogens with zero attached hydrogens (tertiary/aromatic N) is 1. The molecular formula is C22H19N3O4. The van der Waals surface area contributed by atoms with Gasteiger partial charge >= 0.3 is 0 Å². The van der Waals surface area contributed by atoms with E-state index in [1.807, 2.05) is 6.92 Å². The summed E-state index contributed by atoms with van der Waals surface area (Å²) in [5.41, 5.74) is 1.65. The molecule has 146 valence electrons. The number of anilines is 2. The predicted molar refractivity (Wildman–Crippen MR) is 111 cm³/mol. The summed E-state index contributed by atoms with van der Waals surface area (Å²) in [4.78, 5) is 35.6. The Morgan fingerprint density at radius 2 is 1.62 bits per heavy atom. The molecule has 0 fully saturated rings. The Morgan fingerprint density at radius 1 is 0.897 bits per heavy atom. The quantitative estimate of drug-likeness (QED) is 0.356. The van der Waals surface area contributed by atoms with Crippen LogP contribution < -0.4 is 10.6 Å². The number of amides is 1. The van der Waals surface area contributed by atoms with E-state index < -0.39 is 4.92 Å². The fraction of sp³-hybridized carbons (Fsp3) is 0.0909. The molecule has 7 nitrogen and oxygen atoms in total. The van der Waals surface area contributed by atoms with Crippen LogP contribution in [0, 0.1) is 10.1 Å². The van der Waals surface area contributed by atoms with E-state index in [9.17, 15) is 19.7 Å². The average molecular weight is 389 g/mol. The van der Waals surface area contributed by atoms with Gasteiger partial charge in [-0.15, -0.1) is 0 Å². The van der Waals surface area contributed by atoms with Crippen molar-refractivity contribution in [2.24, 2.45) is 0 Å². The monoisotopic (exact) mass is 389 g/mol. The third kappa shape index (κ3) is 4.65. The van der Waals surface area contributed by atoms with Gasteiger partial charge in [-0.25, -0.2) is 0 Å². The Balaban J connectivity index is 1.91. The van der Waals surface area contributed by atoms with Crippen molar-refractivity contribution in [2.45, 2.75) is 6.92 Å². The van der Waals surface area contributed by atoms with Crippen LogP contribution in [0.4, 0.5) is 17.1 Å². The zero-order valence-corrected chi connectivity index (χ0v) is 15.7. The van der Waals surface area contributed by atoms with E-state index in [-0.39, 0.29) is 28.6 Å². The van der Waals surface area contributed by atoms with E-state index in [0.717, 1.165) is 0 Å². The van der Waals surface area contributed by atoms with Gasteiger partial charge in [0.15, 0.2) is 5.78 Å². The molecule has 0 aliphatic heterocycles. The summed E-state index contributed by atoms with van der Waals surface area (Å²) in [6, 6.07) is 19.5. The Labute approximate surface area is 167 Å². The highest BCUT2D eigenvalue weighted by Gasteiger charge is 2.19. The molecule has 0 atom stereocenters. The van der Waals surface area contributed by atoms with E-state index in [0.29, 0.717) is 23.4 Å². The summed E-state index contributed by atoms with van der Waals surface area (Å²) in [5, 5.41) is 17.2. The number of carbonyl (C=O) groups excluding carboxylic acids is 2. The Bertz CT molecular complexity index is 1060. The van der Waals surface area contributed by atoms with E-state index in [2.05, 4.69) is 10.6 Å². The smallest absolute Gasteiger partial charge is 0.293 e. The molecule has 0 spiro atoms. The molecular weight excluding hydrogens is 370 g/mol. The van der Waals surface area contributed by atoms with Gasteiger partial charge in [0.05, 0.1) is 4.92 Å². The molecule has 0 saturated heterocycles. The summed E-state index contributed by atoms with van der Waals surface area (Å²) in [6.45, 7) is 2.32. The molecule has 3 aromatic carbocycles. The molecule has 0 aliphatic carbocycles. The van der Waals surface area contributed by atoms with Crippen LogP contribution in [0.1, 0.15) is 33.2 Å². The number of nitrogens with one attached hydrogen (secondary N) is 2. The highest BCUT2D eigenvalue weighted by atomic mass is 16.6. The number of hydrogen-bond acceptors (Lipinski definition) is 5. The van der Waals surface area contributed by atoms with Crippen molar-refractivity contribution in [2.75, 3.05) is 11.9 Å². The first kappa shape index (κ1) is 19.8. The molecule has 2 N–H and O–H groups in total. The first-order valence-corrected chi connectivity index (χ1v) is 9.03. The molecule has 0 aliphatic rings. The zero-order chi connectivity index (χ0) is 20.8. The van der Waals surface area contributed by atoms with Crippen LogP contribution in [-0.4, -0.2) is 23.2 Å². The normalized spacial score (nSPS) is 10.2. The summed E-state index contributed by atoms with van der Waals surface area (Å²) in [7, 11) is 0. The minimum atomic E-state index is -0.544. The van der Waals surface area contributed by atoms with Gasteiger partial charge in [0.2, 0.25) is 0 Å². The second-order valence-electron chi connectivity index (χ2n) is 6.25. The van der Waals surface area contributed by atoms with Crippen LogP contribution >= 0.6 is 0 Å². The fourth-order valence-electron chi connectivity index (χ4n) is 2.84. The van der Waals surface area contributed by atoms with Crippen LogP contribution in [0.25, 0.3) is 0 Å². The molecule has 3 aromatic rings. The number of ketones is 1. The van der Waals surface area contributed by atoms with Gasteiger partial charge in [-0.1, -0.05) is 36.4 Å². The lowest BCUT2D eigenvalue weighted by atomic mass is 10.0. The maximum Gasteiger partial charge on any atom is 0.293 e. The SMILES string of the molecule is CCNC(=O)c1cccc(Nc2ccc(C(=O)c3ccccc3)cc2[N+](=O)[O-])c1. The molecule has 0 aromatic heterocycles. The summed E-state index contributed by atoms with van der Waals surface area (Å²) in [6.07, 6.45) is 0. The van der Waals surface area contributed by atoms with Crippen LogP contribution in [0.5, 0.6) is 0 Å². The number of carbonyl (C=O) groups is 2. The van der Waals surface area contributed by atoms with Gasteiger partial charge in [-0.3, -0.25) is 19.7 Å². The fourth-order valence-corrected chi connectivity index (χ4v) is 2.84. The number of nitro groups is 1. The second kappa shape index (κ2) is 8.79. The van der Waals surface area contributed by atoms with Gasteiger partial charge in [0, 0.05) is 35.0 Å². The predicted octanol–water partition coefficient (Wildman–Crippen LogP) is 4.32. The van der Waals surface area contributed by atoms with Crippen LogP contribution in [0.2, 0.25) is 0 Å². The molecule has 3 rings (SSSR count). The van der Waals surface area contributed by atoms with Crippen molar-refractivity contribution in [3.63, 3.8) is 0 Å². The van der Waals surface area contributed by atoms with E-state index in [1.165, 1.54) is 18.2 Å². The van der Waals surface area contributed by atoms with Crippen molar-refractivity contribution in [1.29, 1.82) is 0 Å². The van der Waals surface area contributed by atoms with E-state index in [4.69, 9.17) is 0 Å². The van der Waals surface area contributed by atoms with Crippen molar-refractivity contribution in [1.82, 2.24) is 5.32 Å². The molecule has 0 bridgehead atoms. The lowest BCUT2D eigenvalue weighted by molar-refractivity contribution is -0.383. The van der Waals surface area contributed by atoms with Gasteiger partial charge in [0.25, 0.3) is 11.6 Å². The van der Waals surface area contributed by atoms with E-state index in [1.54, 1.807) is 54.6 Å². The van der Waals surface area contributed by atoms with Gasteiger partial charge in [0.1, 0.15) is 5.69 Å². The summed E-state index contributed by atoms with van der Waals surface area (Å²) < 4.78 is 0. The second-order valence-corrected chi connectivity index (χ2v) is 6.25. The van der Waals surface area contributed by atoms with Gasteiger partial charge < -0.3 is 10.6 Å². The summed E-state index contributed by atoms with van der Waals surface area (Å²) in [5.74, 6) is -0.520. The zero-order valence-electron chi connectivity index (χ0n) is 15.7. The minimum absolute atomic E-state index is 0.226. The highest BCUT2D eigenvalue weighted by Crippen LogP contribution is 2.30. The average Bonchev–Trinajstić information content (AvgIpc) is 2.74. The van der Waals surface area contributed by atoms with Crippen molar-refractivity contribution in [3.05, 3.63) is 99.6 Å². The Hall–Kier alpha value is -4.00. The molecule has 0 radical (unpaired) electrons. The Morgan fingerprint density at radius 3 is 2.31 bits per heavy atom. The number of rotatable bonds is 7. The lowest BCUT2D eigenvalue weighted by Gasteiger charge is -2.10. The largest absolute Gasteiger partial charge is 0.352 e. The molecule has 0 heterocycles. The standard InChI is InChI=1S/C22H19N3O4/c1-2-23-22(27)17-9-6-10-18(13-17)24-19-12-11-16(14-20(19)25(28)29)21(26)15-7-4-3-5-8-15/h3-14,24H,2H2,1H3,(H,23,27). The molecule has 1 amide bonds. The topological polar surface area (TPSA) is 101 Å². The molecule has 7 heteroatoms. The van der Waals surface area contributed by atoms with Crippen molar-refractivity contribution in [3.8, 4) is 0 Å². The molecule has 0 saturated carbocycles. The van der Waals surface area contributed by atoms with Gasteiger partial charge in [-0.05, 0) is 37.3 Å². The summed E-state index contributed by atoms with van der Waals surface area (Å²) >= 11 is 0. The molecule has 29 heavy (non-hydrogen) atoms. The van der Waals surface area contributed by atoms with Crippen LogP contribution in [-0.2, 0) is 0 Å². The first-order valence-electron chi connectivity index (χ1n) is 9.03. The maximum atomic E-state index is 12.6. The maximum absolute atomic E-state index is 12.6. The van der Waals surface area contributed by atoms with E-state index >= 15 is 0 Å². The number of benzene rings is 3. The van der Waals surface area contributed by atoms with Crippen molar-refractivity contribution >= 4 is 28.8 Å². The van der Waals surface area contributed by atoms with Gasteiger partial charge in [-0.2, -0.15) is 0 Å². The van der Waals surface area contributed by atoms with Crippen molar-refractivity contribution < 1.29 is 14.5 Å². The van der Waals surface area contributed by atoms with Crippen LogP contribution in [0.3, 0.4) is 0 Å². The number of hydrogen-bond donors (Lipinski definition) is 2. The number of nitro benzene ring substituents is 1.